The maximum Gasteiger partial charge on any atom is 0.226 e. The number of aromatic nitrogens is 1. The fourth-order valence-electron chi connectivity index (χ4n) is 2.72. The molecule has 0 aromatic carbocycles. The van der Waals surface area contributed by atoms with E-state index < -0.39 is 0 Å². The molecule has 1 aliphatic rings. The Bertz CT molecular complexity index is 432. The highest BCUT2D eigenvalue weighted by Crippen LogP contribution is 2.29. The molecule has 1 saturated carbocycles. The zero-order valence-electron chi connectivity index (χ0n) is 11.5. The van der Waals surface area contributed by atoms with Crippen LogP contribution in [0.4, 0.5) is 4.39 Å². The van der Waals surface area contributed by atoms with E-state index in [-0.39, 0.29) is 24.2 Å². The van der Waals surface area contributed by atoms with Gasteiger partial charge in [0.15, 0.2) is 0 Å². The van der Waals surface area contributed by atoms with E-state index >= 15 is 0 Å². The number of halogens is 1. The second-order valence-corrected chi connectivity index (χ2v) is 5.59. The van der Waals surface area contributed by atoms with Crippen LogP contribution < -0.4 is 5.32 Å². The molecule has 2 rings (SSSR count). The Kier molecular flexibility index (Phi) is 4.51. The van der Waals surface area contributed by atoms with Crippen molar-refractivity contribution in [3.05, 3.63) is 29.8 Å². The average molecular weight is 264 g/mol. The predicted molar refractivity (Wildman–Crippen MR) is 72.0 cm³/mol. The van der Waals surface area contributed by atoms with Gasteiger partial charge in [-0.25, -0.2) is 4.39 Å². The molecule has 3 nitrogen and oxygen atoms in total. The molecule has 0 radical (unpaired) electrons. The van der Waals surface area contributed by atoms with Crippen LogP contribution in [-0.2, 0) is 11.2 Å². The van der Waals surface area contributed by atoms with Gasteiger partial charge in [-0.2, -0.15) is 0 Å². The molecule has 0 saturated heterocycles. The topological polar surface area (TPSA) is 42.0 Å². The minimum Gasteiger partial charge on any atom is -0.353 e. The maximum absolute atomic E-state index is 12.7. The number of amides is 1. The number of carbonyl (C=O) groups excluding carboxylic acids is 1. The summed E-state index contributed by atoms with van der Waals surface area (Å²) >= 11 is 0. The highest BCUT2D eigenvalue weighted by atomic mass is 19.1. The lowest BCUT2D eigenvalue weighted by atomic mass is 9.78. The van der Waals surface area contributed by atoms with E-state index in [1.54, 1.807) is 6.07 Å². The molecule has 3 atom stereocenters. The van der Waals surface area contributed by atoms with Gasteiger partial charge in [0.05, 0.1) is 12.6 Å². The molecule has 4 heteroatoms. The minimum absolute atomic E-state index is 0.0231. The van der Waals surface area contributed by atoms with Crippen molar-refractivity contribution in [1.82, 2.24) is 10.3 Å². The smallest absolute Gasteiger partial charge is 0.226 e. The first kappa shape index (κ1) is 14.0. The third kappa shape index (κ3) is 3.75. The summed E-state index contributed by atoms with van der Waals surface area (Å²) in [5, 5.41) is 3.09. The number of rotatable bonds is 3. The van der Waals surface area contributed by atoms with Crippen molar-refractivity contribution in [3.8, 4) is 0 Å². The summed E-state index contributed by atoms with van der Waals surface area (Å²) in [5.41, 5.74) is 0.607. The number of pyridine rings is 1. The van der Waals surface area contributed by atoms with Crippen LogP contribution in [0.25, 0.3) is 0 Å². The van der Waals surface area contributed by atoms with E-state index in [1.807, 2.05) is 0 Å². The number of carbonyl (C=O) groups is 1. The Balaban J connectivity index is 1.88. The standard InChI is InChI=1S/C15H21FN2O/c1-10-4-3-5-14(11(10)2)18-15(19)8-13-7-6-12(16)9-17-13/h6-7,9-11,14H,3-5,8H2,1-2H3,(H,18,19)/t10-,11-,14+/m1/s1. The Morgan fingerprint density at radius 2 is 2.21 bits per heavy atom. The number of nitrogens with one attached hydrogen (secondary N) is 1. The van der Waals surface area contributed by atoms with E-state index in [2.05, 4.69) is 24.1 Å². The van der Waals surface area contributed by atoms with Crippen LogP contribution in [-0.4, -0.2) is 16.9 Å². The first-order chi connectivity index (χ1) is 9.06. The summed E-state index contributed by atoms with van der Waals surface area (Å²) in [7, 11) is 0. The normalized spacial score (nSPS) is 27.0. The summed E-state index contributed by atoms with van der Waals surface area (Å²) < 4.78 is 12.7. The van der Waals surface area contributed by atoms with E-state index in [4.69, 9.17) is 0 Å². The van der Waals surface area contributed by atoms with Crippen molar-refractivity contribution < 1.29 is 9.18 Å². The first-order valence-electron chi connectivity index (χ1n) is 6.96. The molecule has 19 heavy (non-hydrogen) atoms. The number of hydrogen-bond donors (Lipinski definition) is 1. The van der Waals surface area contributed by atoms with Gasteiger partial charge in [0.2, 0.25) is 5.91 Å². The zero-order chi connectivity index (χ0) is 13.8. The summed E-state index contributed by atoms with van der Waals surface area (Å²) in [6.07, 6.45) is 4.83. The van der Waals surface area contributed by atoms with E-state index in [0.29, 0.717) is 17.5 Å². The lowest BCUT2D eigenvalue weighted by molar-refractivity contribution is -0.121. The van der Waals surface area contributed by atoms with Gasteiger partial charge in [0, 0.05) is 11.7 Å². The van der Waals surface area contributed by atoms with Gasteiger partial charge in [-0.1, -0.05) is 26.7 Å². The summed E-state index contributed by atoms with van der Waals surface area (Å²) in [6.45, 7) is 4.44. The van der Waals surface area contributed by atoms with E-state index in [0.717, 1.165) is 12.6 Å². The molecule has 0 unspecified atom stereocenters. The van der Waals surface area contributed by atoms with Gasteiger partial charge in [-0.15, -0.1) is 0 Å². The Labute approximate surface area is 113 Å². The van der Waals surface area contributed by atoms with Gasteiger partial charge in [-0.3, -0.25) is 9.78 Å². The van der Waals surface area contributed by atoms with Crippen molar-refractivity contribution in [3.63, 3.8) is 0 Å². The minimum atomic E-state index is -0.376. The highest BCUT2D eigenvalue weighted by Gasteiger charge is 2.28. The van der Waals surface area contributed by atoms with Crippen LogP contribution in [0, 0.1) is 17.7 Å². The van der Waals surface area contributed by atoms with Gasteiger partial charge in [0.1, 0.15) is 5.82 Å². The van der Waals surface area contributed by atoms with Crippen LogP contribution in [0.15, 0.2) is 18.3 Å². The van der Waals surface area contributed by atoms with Crippen molar-refractivity contribution in [2.24, 2.45) is 11.8 Å². The molecule has 1 amide bonds. The Morgan fingerprint density at radius 3 is 2.89 bits per heavy atom. The van der Waals surface area contributed by atoms with Crippen LogP contribution in [0.5, 0.6) is 0 Å². The quantitative estimate of drug-likeness (QED) is 0.912. The van der Waals surface area contributed by atoms with Gasteiger partial charge >= 0.3 is 0 Å². The van der Waals surface area contributed by atoms with Crippen molar-refractivity contribution in [2.75, 3.05) is 0 Å². The molecule has 1 fully saturated rings. The predicted octanol–water partition coefficient (Wildman–Crippen LogP) is 2.70. The zero-order valence-corrected chi connectivity index (χ0v) is 11.5. The van der Waals surface area contributed by atoms with Crippen LogP contribution in [0.2, 0.25) is 0 Å². The van der Waals surface area contributed by atoms with Crippen molar-refractivity contribution >= 4 is 5.91 Å². The number of hydrogen-bond acceptors (Lipinski definition) is 2. The molecular formula is C15H21FN2O. The molecular weight excluding hydrogens is 243 g/mol. The van der Waals surface area contributed by atoms with Crippen LogP contribution >= 0.6 is 0 Å². The molecule has 104 valence electrons. The lowest BCUT2D eigenvalue weighted by Crippen LogP contribution is -2.44. The fourth-order valence-corrected chi connectivity index (χ4v) is 2.72. The molecule has 1 N–H and O–H groups in total. The molecule has 1 aliphatic carbocycles. The first-order valence-corrected chi connectivity index (χ1v) is 6.96. The summed E-state index contributed by atoms with van der Waals surface area (Å²) in [6, 6.07) is 3.15. The largest absolute Gasteiger partial charge is 0.353 e. The third-order valence-corrected chi connectivity index (χ3v) is 4.18. The molecule has 1 aromatic heterocycles. The molecule has 0 spiro atoms. The highest BCUT2D eigenvalue weighted by molar-refractivity contribution is 5.78. The maximum atomic E-state index is 12.7. The SMILES string of the molecule is C[C@@H]1[C@H](C)CCC[C@@H]1NC(=O)Cc1ccc(F)cn1. The lowest BCUT2D eigenvalue weighted by Gasteiger charge is -2.34. The van der Waals surface area contributed by atoms with Crippen molar-refractivity contribution in [2.45, 2.75) is 45.6 Å². The Hall–Kier alpha value is -1.45. The monoisotopic (exact) mass is 264 g/mol. The molecule has 0 bridgehead atoms. The number of nitrogens with zero attached hydrogens (tertiary/aromatic N) is 1. The molecule has 1 heterocycles. The summed E-state index contributed by atoms with van der Waals surface area (Å²) in [4.78, 5) is 15.9. The van der Waals surface area contributed by atoms with Gasteiger partial charge in [-0.05, 0) is 30.4 Å². The second-order valence-electron chi connectivity index (χ2n) is 5.59. The van der Waals surface area contributed by atoms with Crippen LogP contribution in [0.1, 0.15) is 38.8 Å². The van der Waals surface area contributed by atoms with Crippen molar-refractivity contribution in [1.29, 1.82) is 0 Å². The Morgan fingerprint density at radius 1 is 1.42 bits per heavy atom. The third-order valence-electron chi connectivity index (χ3n) is 4.18. The average Bonchev–Trinajstić information content (AvgIpc) is 2.38. The van der Waals surface area contributed by atoms with Gasteiger partial charge < -0.3 is 5.32 Å². The van der Waals surface area contributed by atoms with E-state index in [9.17, 15) is 9.18 Å². The fraction of sp³-hybridized carbons (Fsp3) is 0.600. The summed E-state index contributed by atoms with van der Waals surface area (Å²) in [5.74, 6) is 0.769. The van der Waals surface area contributed by atoms with E-state index in [1.165, 1.54) is 18.9 Å². The second kappa shape index (κ2) is 6.13. The molecule has 1 aromatic rings. The van der Waals surface area contributed by atoms with Crippen LogP contribution in [0.3, 0.4) is 0 Å². The molecule has 0 aliphatic heterocycles. The van der Waals surface area contributed by atoms with Gasteiger partial charge in [0.25, 0.3) is 0 Å².